The first-order chi connectivity index (χ1) is 15.5. The van der Waals surface area contributed by atoms with Crippen molar-refractivity contribution in [2.75, 3.05) is 30.3 Å². The van der Waals surface area contributed by atoms with Gasteiger partial charge in [-0.1, -0.05) is 24.3 Å². The van der Waals surface area contributed by atoms with Gasteiger partial charge in [0.15, 0.2) is 0 Å². The highest BCUT2D eigenvalue weighted by atomic mass is 32.2. The van der Waals surface area contributed by atoms with E-state index in [-0.39, 0.29) is 25.0 Å². The van der Waals surface area contributed by atoms with Crippen molar-refractivity contribution >= 4 is 29.6 Å². The SMILES string of the molecule is CC(=O)NC[C@H]1CN(c2ccc(-c3ccc(CNCC4CSN=N4)cc3)c(F)c2)C(=O)O1. The number of rotatable bonds is 8. The number of halogens is 1. The van der Waals surface area contributed by atoms with Gasteiger partial charge in [-0.3, -0.25) is 9.69 Å². The summed E-state index contributed by atoms with van der Waals surface area (Å²) in [7, 11) is 0. The van der Waals surface area contributed by atoms with E-state index >= 15 is 0 Å². The summed E-state index contributed by atoms with van der Waals surface area (Å²) in [5.41, 5.74) is 2.73. The maximum atomic E-state index is 14.9. The fourth-order valence-corrected chi connectivity index (χ4v) is 4.16. The summed E-state index contributed by atoms with van der Waals surface area (Å²) in [6.07, 6.45) is -1.02. The standard InChI is InChI=1S/C22H24FN5O3S/c1-14(29)25-11-19-12-28(22(30)31-19)18-6-7-20(21(23)8-18)16-4-2-15(3-5-16)9-24-10-17-13-32-27-26-17/h2-8,17,19,24H,9-13H2,1H3,(H,25,29)/t17?,19-/m0/s1. The van der Waals surface area contributed by atoms with Crippen LogP contribution in [0.3, 0.4) is 0 Å². The van der Waals surface area contributed by atoms with Gasteiger partial charge in [0.05, 0.1) is 24.8 Å². The first-order valence-electron chi connectivity index (χ1n) is 10.3. The summed E-state index contributed by atoms with van der Waals surface area (Å²) < 4.78 is 24.0. The van der Waals surface area contributed by atoms with Gasteiger partial charge in [-0.25, -0.2) is 9.18 Å². The van der Waals surface area contributed by atoms with Gasteiger partial charge >= 0.3 is 6.09 Å². The van der Waals surface area contributed by atoms with E-state index in [1.54, 1.807) is 12.1 Å². The molecular formula is C22H24FN5O3S. The average Bonchev–Trinajstić information content (AvgIpc) is 3.42. The number of hydrogen-bond acceptors (Lipinski definition) is 7. The Bertz CT molecular complexity index is 1020. The highest BCUT2D eigenvalue weighted by Crippen LogP contribution is 2.29. The Morgan fingerprint density at radius 1 is 1.25 bits per heavy atom. The van der Waals surface area contributed by atoms with Crippen LogP contribution in [0.1, 0.15) is 12.5 Å². The monoisotopic (exact) mass is 457 g/mol. The van der Waals surface area contributed by atoms with E-state index in [1.165, 1.54) is 29.8 Å². The van der Waals surface area contributed by atoms with Crippen LogP contribution in [0, 0.1) is 5.82 Å². The third kappa shape index (κ3) is 5.43. The topological polar surface area (TPSA) is 95.4 Å². The fourth-order valence-electron chi connectivity index (χ4n) is 3.54. The number of ether oxygens (including phenoxy) is 1. The molecule has 0 aromatic heterocycles. The van der Waals surface area contributed by atoms with Crippen molar-refractivity contribution in [3.05, 3.63) is 53.8 Å². The molecule has 1 saturated heterocycles. The molecule has 32 heavy (non-hydrogen) atoms. The minimum atomic E-state index is -0.554. The Kier molecular flexibility index (Phi) is 7.01. The van der Waals surface area contributed by atoms with Crippen LogP contribution in [0.25, 0.3) is 11.1 Å². The van der Waals surface area contributed by atoms with E-state index in [4.69, 9.17) is 4.74 Å². The third-order valence-corrected chi connectivity index (χ3v) is 5.97. The molecule has 2 aliphatic rings. The molecule has 2 aromatic rings. The lowest BCUT2D eigenvalue weighted by atomic mass is 10.0. The lowest BCUT2D eigenvalue weighted by molar-refractivity contribution is -0.119. The highest BCUT2D eigenvalue weighted by molar-refractivity contribution is 7.98. The van der Waals surface area contributed by atoms with Crippen LogP contribution >= 0.6 is 11.9 Å². The van der Waals surface area contributed by atoms with Crippen LogP contribution in [0.4, 0.5) is 14.9 Å². The summed E-state index contributed by atoms with van der Waals surface area (Å²) in [6, 6.07) is 12.6. The maximum Gasteiger partial charge on any atom is 0.414 e. The van der Waals surface area contributed by atoms with E-state index in [9.17, 15) is 14.0 Å². The van der Waals surface area contributed by atoms with Crippen LogP contribution in [-0.2, 0) is 16.1 Å². The Labute approximate surface area is 189 Å². The third-order valence-electron chi connectivity index (χ3n) is 5.23. The van der Waals surface area contributed by atoms with E-state index in [2.05, 4.69) is 20.3 Å². The van der Waals surface area contributed by atoms with E-state index in [0.717, 1.165) is 23.4 Å². The highest BCUT2D eigenvalue weighted by Gasteiger charge is 2.32. The van der Waals surface area contributed by atoms with Crippen LogP contribution in [0.15, 0.2) is 52.1 Å². The molecule has 2 amide bonds. The number of cyclic esters (lactones) is 1. The lowest BCUT2D eigenvalue weighted by Crippen LogP contribution is -2.33. The van der Waals surface area contributed by atoms with E-state index < -0.39 is 18.0 Å². The molecule has 0 saturated carbocycles. The predicted octanol–water partition coefficient (Wildman–Crippen LogP) is 3.53. The van der Waals surface area contributed by atoms with Gasteiger partial charge in [0.1, 0.15) is 11.9 Å². The zero-order chi connectivity index (χ0) is 22.5. The lowest BCUT2D eigenvalue weighted by Gasteiger charge is -2.15. The van der Waals surface area contributed by atoms with E-state index in [0.29, 0.717) is 17.8 Å². The number of carbonyl (C=O) groups excluding carboxylic acids is 2. The molecule has 0 bridgehead atoms. The molecule has 1 unspecified atom stereocenters. The van der Waals surface area contributed by atoms with Crippen molar-refractivity contribution in [1.82, 2.24) is 10.6 Å². The summed E-state index contributed by atoms with van der Waals surface area (Å²) in [4.78, 5) is 24.6. The van der Waals surface area contributed by atoms with Crippen LogP contribution in [0.2, 0.25) is 0 Å². The first kappa shape index (κ1) is 22.2. The predicted molar refractivity (Wildman–Crippen MR) is 121 cm³/mol. The molecule has 0 aliphatic carbocycles. The second-order valence-electron chi connectivity index (χ2n) is 7.69. The number of nitrogens with zero attached hydrogens (tertiary/aromatic N) is 3. The zero-order valence-electron chi connectivity index (χ0n) is 17.6. The van der Waals surface area contributed by atoms with Crippen LogP contribution in [0.5, 0.6) is 0 Å². The summed E-state index contributed by atoms with van der Waals surface area (Å²) in [6.45, 7) is 3.35. The van der Waals surface area contributed by atoms with Crippen LogP contribution < -0.4 is 15.5 Å². The molecule has 2 heterocycles. The number of amides is 2. The van der Waals surface area contributed by atoms with Gasteiger partial charge in [-0.05, 0) is 41.3 Å². The van der Waals surface area contributed by atoms with Crippen molar-refractivity contribution in [2.45, 2.75) is 25.6 Å². The number of anilines is 1. The summed E-state index contributed by atoms with van der Waals surface area (Å²) >= 11 is 1.48. The van der Waals surface area contributed by atoms with Gasteiger partial charge in [0.2, 0.25) is 5.91 Å². The van der Waals surface area contributed by atoms with Crippen molar-refractivity contribution in [1.29, 1.82) is 0 Å². The average molecular weight is 458 g/mol. The second-order valence-corrected chi connectivity index (χ2v) is 8.45. The van der Waals surface area contributed by atoms with Crippen LogP contribution in [-0.4, -0.2) is 49.5 Å². The first-order valence-corrected chi connectivity index (χ1v) is 11.3. The molecular weight excluding hydrogens is 433 g/mol. The molecule has 8 nitrogen and oxygen atoms in total. The molecule has 0 spiro atoms. The number of hydrogen-bond donors (Lipinski definition) is 2. The van der Waals surface area contributed by atoms with Gasteiger partial charge in [-0.15, -0.1) is 4.52 Å². The normalized spacial score (nSPS) is 19.9. The Balaban J connectivity index is 1.37. The molecule has 1 fully saturated rings. The molecule has 10 heteroatoms. The molecule has 2 N–H and O–H groups in total. The minimum Gasteiger partial charge on any atom is -0.442 e. The zero-order valence-corrected chi connectivity index (χ0v) is 18.4. The molecule has 2 atom stereocenters. The number of carbonyl (C=O) groups is 2. The van der Waals surface area contributed by atoms with Gasteiger partial charge in [-0.2, -0.15) is 5.11 Å². The minimum absolute atomic E-state index is 0.198. The smallest absolute Gasteiger partial charge is 0.414 e. The van der Waals surface area contributed by atoms with Gasteiger partial charge < -0.3 is 15.4 Å². The summed E-state index contributed by atoms with van der Waals surface area (Å²) in [5.74, 6) is 0.290. The summed E-state index contributed by atoms with van der Waals surface area (Å²) in [5, 5.41) is 10.1. The van der Waals surface area contributed by atoms with Crippen molar-refractivity contribution in [3.8, 4) is 11.1 Å². The molecule has 4 rings (SSSR count). The molecule has 168 valence electrons. The maximum absolute atomic E-state index is 14.9. The van der Waals surface area contributed by atoms with E-state index in [1.807, 2.05) is 24.3 Å². The Hall–Kier alpha value is -2.98. The van der Waals surface area contributed by atoms with Crippen molar-refractivity contribution in [2.24, 2.45) is 9.63 Å². The second kappa shape index (κ2) is 10.1. The fraction of sp³-hybridized carbons (Fsp3) is 0.364. The Morgan fingerprint density at radius 2 is 2.06 bits per heavy atom. The largest absolute Gasteiger partial charge is 0.442 e. The van der Waals surface area contributed by atoms with Crippen molar-refractivity contribution in [3.63, 3.8) is 0 Å². The number of nitrogens with one attached hydrogen (secondary N) is 2. The molecule has 2 aromatic carbocycles. The Morgan fingerprint density at radius 3 is 2.75 bits per heavy atom. The van der Waals surface area contributed by atoms with Crippen molar-refractivity contribution < 1.29 is 18.7 Å². The molecule has 0 radical (unpaired) electrons. The quantitative estimate of drug-likeness (QED) is 0.592. The number of benzene rings is 2. The van der Waals surface area contributed by atoms with Gasteiger partial charge in [0, 0.05) is 31.3 Å². The van der Waals surface area contributed by atoms with Gasteiger partial charge in [0.25, 0.3) is 0 Å². The molecule has 2 aliphatic heterocycles.